The van der Waals surface area contributed by atoms with Crippen molar-refractivity contribution < 1.29 is 9.53 Å². The number of carbonyl (C=O) groups is 1. The Bertz CT molecular complexity index is 546. The third kappa shape index (κ3) is 2.83. The Morgan fingerprint density at radius 1 is 1.44 bits per heavy atom. The molecule has 1 amide bonds. The number of hydrogen-bond acceptors (Lipinski definition) is 2. The van der Waals surface area contributed by atoms with Gasteiger partial charge in [-0.05, 0) is 36.6 Å². The molecule has 0 radical (unpaired) electrons. The van der Waals surface area contributed by atoms with E-state index in [2.05, 4.69) is 10.3 Å². The number of aryl methyl sites for hydroxylation is 1. The third-order valence-electron chi connectivity index (χ3n) is 2.97. The highest BCUT2D eigenvalue weighted by atomic mass is 16.5. The number of fused-ring (bicyclic) bond motifs is 1. The number of hydrogen-bond donors (Lipinski definition) is 2. The summed E-state index contributed by atoms with van der Waals surface area (Å²) in [5.74, 6) is 0.890. The van der Waals surface area contributed by atoms with Crippen molar-refractivity contribution in [1.82, 2.24) is 10.3 Å². The topological polar surface area (TPSA) is 54.1 Å². The number of benzene rings is 1. The van der Waals surface area contributed by atoms with Crippen molar-refractivity contribution in [2.24, 2.45) is 0 Å². The number of H-pyrrole nitrogens is 1. The molecule has 0 spiro atoms. The summed E-state index contributed by atoms with van der Waals surface area (Å²) in [5, 5.41) is 4.00. The maximum absolute atomic E-state index is 10.8. The largest absolute Gasteiger partial charge is 0.497 e. The van der Waals surface area contributed by atoms with E-state index in [0.29, 0.717) is 6.54 Å². The molecule has 1 aromatic heterocycles. The van der Waals surface area contributed by atoms with Crippen LogP contribution in [0.25, 0.3) is 10.9 Å². The van der Waals surface area contributed by atoms with Crippen molar-refractivity contribution in [1.29, 1.82) is 0 Å². The van der Waals surface area contributed by atoms with Gasteiger partial charge in [-0.3, -0.25) is 4.79 Å². The maximum atomic E-state index is 10.8. The summed E-state index contributed by atoms with van der Waals surface area (Å²) >= 11 is 0. The number of methoxy groups -OCH3 is 1. The average molecular weight is 246 g/mol. The Hall–Kier alpha value is -1.97. The van der Waals surface area contributed by atoms with Crippen LogP contribution in [0.3, 0.4) is 0 Å². The van der Waals surface area contributed by atoms with Crippen LogP contribution in [0.4, 0.5) is 0 Å². The highest BCUT2D eigenvalue weighted by Crippen LogP contribution is 2.24. The second-order valence-corrected chi connectivity index (χ2v) is 4.31. The van der Waals surface area contributed by atoms with E-state index >= 15 is 0 Å². The van der Waals surface area contributed by atoms with E-state index in [1.807, 2.05) is 24.4 Å². The van der Waals surface area contributed by atoms with Gasteiger partial charge in [0.05, 0.1) is 7.11 Å². The predicted molar refractivity (Wildman–Crippen MR) is 71.9 cm³/mol. The van der Waals surface area contributed by atoms with Crippen LogP contribution >= 0.6 is 0 Å². The Morgan fingerprint density at radius 2 is 2.28 bits per heavy atom. The molecule has 2 rings (SSSR count). The molecule has 0 bridgehead atoms. The van der Waals surface area contributed by atoms with Crippen molar-refractivity contribution in [3.8, 4) is 5.75 Å². The maximum Gasteiger partial charge on any atom is 0.216 e. The van der Waals surface area contributed by atoms with Crippen molar-refractivity contribution in [2.45, 2.75) is 19.8 Å². The number of nitrogens with one attached hydrogen (secondary N) is 2. The molecular formula is C14H18N2O2. The lowest BCUT2D eigenvalue weighted by Crippen LogP contribution is -2.21. The molecule has 1 aromatic carbocycles. The van der Waals surface area contributed by atoms with E-state index in [1.165, 1.54) is 17.9 Å². The normalized spacial score (nSPS) is 10.6. The van der Waals surface area contributed by atoms with Crippen molar-refractivity contribution >= 4 is 16.8 Å². The Balaban J connectivity index is 2.06. The molecule has 0 atom stereocenters. The first-order valence-corrected chi connectivity index (χ1v) is 6.09. The van der Waals surface area contributed by atoms with Gasteiger partial charge in [0.2, 0.25) is 5.91 Å². The van der Waals surface area contributed by atoms with Gasteiger partial charge in [0.25, 0.3) is 0 Å². The van der Waals surface area contributed by atoms with E-state index in [9.17, 15) is 4.79 Å². The zero-order valence-electron chi connectivity index (χ0n) is 10.7. The van der Waals surface area contributed by atoms with Crippen molar-refractivity contribution in [3.63, 3.8) is 0 Å². The molecule has 96 valence electrons. The summed E-state index contributed by atoms with van der Waals surface area (Å²) in [6.07, 6.45) is 3.90. The van der Waals surface area contributed by atoms with Gasteiger partial charge in [0.15, 0.2) is 0 Å². The lowest BCUT2D eigenvalue weighted by atomic mass is 10.1. The fraction of sp³-hybridized carbons (Fsp3) is 0.357. The summed E-state index contributed by atoms with van der Waals surface area (Å²) in [6, 6.07) is 6.00. The number of amides is 1. The minimum atomic E-state index is 0.0237. The molecule has 0 aliphatic heterocycles. The highest BCUT2D eigenvalue weighted by Gasteiger charge is 2.04. The number of ether oxygens (including phenoxy) is 1. The van der Waals surface area contributed by atoms with E-state index in [4.69, 9.17) is 4.74 Å². The third-order valence-corrected chi connectivity index (χ3v) is 2.97. The van der Waals surface area contributed by atoms with E-state index in [1.54, 1.807) is 7.11 Å². The number of carbonyl (C=O) groups excluding carboxylic acids is 1. The van der Waals surface area contributed by atoms with Crippen LogP contribution in [0.1, 0.15) is 18.9 Å². The second-order valence-electron chi connectivity index (χ2n) is 4.31. The monoisotopic (exact) mass is 246 g/mol. The molecule has 0 aliphatic rings. The molecule has 18 heavy (non-hydrogen) atoms. The molecule has 0 fully saturated rings. The quantitative estimate of drug-likeness (QED) is 0.795. The van der Waals surface area contributed by atoms with Crippen LogP contribution in [-0.4, -0.2) is 24.5 Å². The SMILES string of the molecule is COc1ccc2[nH]cc(CCCNC(C)=O)c2c1. The molecule has 4 nitrogen and oxygen atoms in total. The van der Waals surface area contributed by atoms with Crippen LogP contribution in [0.15, 0.2) is 24.4 Å². The molecule has 4 heteroatoms. The summed E-state index contributed by atoms with van der Waals surface area (Å²) < 4.78 is 5.23. The highest BCUT2D eigenvalue weighted by molar-refractivity contribution is 5.84. The van der Waals surface area contributed by atoms with Gasteiger partial charge in [-0.25, -0.2) is 0 Å². The van der Waals surface area contributed by atoms with E-state index < -0.39 is 0 Å². The van der Waals surface area contributed by atoms with Gasteiger partial charge in [0, 0.05) is 30.6 Å². The second kappa shape index (κ2) is 5.58. The zero-order chi connectivity index (χ0) is 13.0. The summed E-state index contributed by atoms with van der Waals surface area (Å²) in [6.45, 7) is 2.25. The standard InChI is InChI=1S/C14H18N2O2/c1-10(17)15-7-3-4-11-9-16-14-6-5-12(18-2)8-13(11)14/h5-6,8-9,16H,3-4,7H2,1-2H3,(H,15,17). The van der Waals surface area contributed by atoms with Gasteiger partial charge >= 0.3 is 0 Å². The fourth-order valence-electron chi connectivity index (χ4n) is 2.03. The fourth-order valence-corrected chi connectivity index (χ4v) is 2.03. The lowest BCUT2D eigenvalue weighted by Gasteiger charge is -2.03. The van der Waals surface area contributed by atoms with E-state index in [-0.39, 0.29) is 5.91 Å². The Morgan fingerprint density at radius 3 is 3.00 bits per heavy atom. The minimum Gasteiger partial charge on any atom is -0.497 e. The molecule has 0 aliphatic carbocycles. The van der Waals surface area contributed by atoms with Gasteiger partial charge in [-0.15, -0.1) is 0 Å². The summed E-state index contributed by atoms with van der Waals surface area (Å²) in [5.41, 5.74) is 2.37. The van der Waals surface area contributed by atoms with Crippen LogP contribution in [0.2, 0.25) is 0 Å². The average Bonchev–Trinajstić information content (AvgIpc) is 2.76. The first-order valence-electron chi connectivity index (χ1n) is 6.09. The molecule has 1 heterocycles. The van der Waals surface area contributed by atoms with Gasteiger partial charge in [-0.1, -0.05) is 0 Å². The van der Waals surface area contributed by atoms with Crippen LogP contribution < -0.4 is 10.1 Å². The predicted octanol–water partition coefficient (Wildman–Crippen LogP) is 2.25. The molecule has 0 saturated carbocycles. The zero-order valence-corrected chi connectivity index (χ0v) is 10.7. The first-order chi connectivity index (χ1) is 8.70. The number of aromatic nitrogens is 1. The van der Waals surface area contributed by atoms with Crippen molar-refractivity contribution in [3.05, 3.63) is 30.0 Å². The minimum absolute atomic E-state index is 0.0237. The number of rotatable bonds is 5. The van der Waals surface area contributed by atoms with E-state index in [0.717, 1.165) is 24.1 Å². The molecule has 2 N–H and O–H groups in total. The van der Waals surface area contributed by atoms with Crippen LogP contribution in [0, 0.1) is 0 Å². The summed E-state index contributed by atoms with van der Waals surface area (Å²) in [4.78, 5) is 14.0. The Kier molecular flexibility index (Phi) is 3.87. The smallest absolute Gasteiger partial charge is 0.216 e. The molecular weight excluding hydrogens is 228 g/mol. The van der Waals surface area contributed by atoms with Crippen LogP contribution in [-0.2, 0) is 11.2 Å². The summed E-state index contributed by atoms with van der Waals surface area (Å²) in [7, 11) is 1.67. The van der Waals surface area contributed by atoms with Gasteiger partial charge < -0.3 is 15.0 Å². The number of aromatic amines is 1. The molecule has 2 aromatic rings. The molecule has 0 unspecified atom stereocenters. The first kappa shape index (κ1) is 12.5. The van der Waals surface area contributed by atoms with Crippen LogP contribution in [0.5, 0.6) is 5.75 Å². The lowest BCUT2D eigenvalue weighted by molar-refractivity contribution is -0.118. The van der Waals surface area contributed by atoms with Crippen molar-refractivity contribution in [2.75, 3.05) is 13.7 Å². The van der Waals surface area contributed by atoms with Gasteiger partial charge in [-0.2, -0.15) is 0 Å². The molecule has 0 saturated heterocycles. The Labute approximate surface area is 106 Å². The van der Waals surface area contributed by atoms with Gasteiger partial charge in [0.1, 0.15) is 5.75 Å².